The molecule has 1 aromatic heterocycles. The van der Waals surface area contributed by atoms with Gasteiger partial charge in [0.15, 0.2) is 11.5 Å². The molecule has 0 saturated heterocycles. The lowest BCUT2D eigenvalue weighted by atomic mass is 10.1. The molecule has 0 saturated carbocycles. The van der Waals surface area contributed by atoms with Crippen LogP contribution in [-0.2, 0) is 13.1 Å². The molecule has 1 heterocycles. The maximum absolute atomic E-state index is 12.5. The quantitative estimate of drug-likeness (QED) is 0.711. The van der Waals surface area contributed by atoms with Crippen molar-refractivity contribution in [2.24, 2.45) is 0 Å². The van der Waals surface area contributed by atoms with Gasteiger partial charge in [-0.1, -0.05) is 18.2 Å². The van der Waals surface area contributed by atoms with E-state index in [0.29, 0.717) is 30.2 Å². The third-order valence-electron chi connectivity index (χ3n) is 3.99. The Labute approximate surface area is 152 Å². The van der Waals surface area contributed by atoms with E-state index in [1.54, 1.807) is 26.5 Å². The zero-order chi connectivity index (χ0) is 18.4. The molecule has 2 aromatic carbocycles. The van der Waals surface area contributed by atoms with E-state index >= 15 is 0 Å². The molecule has 6 nitrogen and oxygen atoms in total. The molecule has 0 fully saturated rings. The van der Waals surface area contributed by atoms with E-state index in [4.69, 9.17) is 9.47 Å². The molecule has 0 radical (unpaired) electrons. The summed E-state index contributed by atoms with van der Waals surface area (Å²) in [6, 6.07) is 15.0. The van der Waals surface area contributed by atoms with Gasteiger partial charge in [0.25, 0.3) is 5.91 Å². The van der Waals surface area contributed by atoms with Gasteiger partial charge in [-0.3, -0.25) is 9.48 Å². The summed E-state index contributed by atoms with van der Waals surface area (Å²) in [5.74, 6) is 1.18. The van der Waals surface area contributed by atoms with Crippen molar-refractivity contribution in [1.82, 2.24) is 15.1 Å². The zero-order valence-corrected chi connectivity index (χ0v) is 14.8. The Kier molecular flexibility index (Phi) is 5.53. The predicted molar refractivity (Wildman–Crippen MR) is 98.5 cm³/mol. The van der Waals surface area contributed by atoms with Crippen molar-refractivity contribution in [2.75, 3.05) is 14.2 Å². The number of amides is 1. The summed E-state index contributed by atoms with van der Waals surface area (Å²) in [4.78, 5) is 12.5. The van der Waals surface area contributed by atoms with E-state index in [0.717, 1.165) is 11.1 Å². The van der Waals surface area contributed by atoms with Gasteiger partial charge in [0.05, 0.1) is 20.8 Å². The molecule has 0 bridgehead atoms. The van der Waals surface area contributed by atoms with Crippen molar-refractivity contribution in [3.05, 3.63) is 77.6 Å². The second kappa shape index (κ2) is 8.20. The topological polar surface area (TPSA) is 65.4 Å². The molecule has 1 N–H and O–H groups in total. The fourth-order valence-electron chi connectivity index (χ4n) is 2.67. The minimum atomic E-state index is -0.123. The highest BCUT2D eigenvalue weighted by Crippen LogP contribution is 2.27. The van der Waals surface area contributed by atoms with Crippen LogP contribution in [0.3, 0.4) is 0 Å². The van der Waals surface area contributed by atoms with Crippen LogP contribution in [0.1, 0.15) is 21.5 Å². The largest absolute Gasteiger partial charge is 0.493 e. The Morgan fingerprint density at radius 3 is 2.62 bits per heavy atom. The van der Waals surface area contributed by atoms with Crippen molar-refractivity contribution in [3.8, 4) is 11.5 Å². The average molecular weight is 351 g/mol. The normalized spacial score (nSPS) is 10.4. The SMILES string of the molecule is COc1ccc(CNC(=O)c2cccc(Cn3cccn3)c2)cc1OC. The molecular formula is C20H21N3O3. The van der Waals surface area contributed by atoms with Crippen LogP contribution in [-0.4, -0.2) is 29.9 Å². The summed E-state index contributed by atoms with van der Waals surface area (Å²) >= 11 is 0. The summed E-state index contributed by atoms with van der Waals surface area (Å²) in [6.07, 6.45) is 3.63. The summed E-state index contributed by atoms with van der Waals surface area (Å²) < 4.78 is 12.3. The molecular weight excluding hydrogens is 330 g/mol. The lowest BCUT2D eigenvalue weighted by molar-refractivity contribution is 0.0950. The predicted octanol–water partition coefficient (Wildman–Crippen LogP) is 2.88. The van der Waals surface area contributed by atoms with Crippen LogP contribution < -0.4 is 14.8 Å². The molecule has 0 unspecified atom stereocenters. The lowest BCUT2D eigenvalue weighted by Crippen LogP contribution is -2.23. The summed E-state index contributed by atoms with van der Waals surface area (Å²) in [6.45, 7) is 1.03. The number of carbonyl (C=O) groups is 1. The summed E-state index contributed by atoms with van der Waals surface area (Å²) in [7, 11) is 3.18. The molecule has 0 aliphatic heterocycles. The molecule has 0 aliphatic rings. The number of nitrogens with zero attached hydrogens (tertiary/aromatic N) is 2. The van der Waals surface area contributed by atoms with Gasteiger partial charge in [0.1, 0.15) is 0 Å². The summed E-state index contributed by atoms with van der Waals surface area (Å²) in [5.41, 5.74) is 2.58. The number of aromatic nitrogens is 2. The first-order valence-electron chi connectivity index (χ1n) is 8.25. The van der Waals surface area contributed by atoms with Gasteiger partial charge in [-0.25, -0.2) is 0 Å². The van der Waals surface area contributed by atoms with Crippen LogP contribution >= 0.6 is 0 Å². The van der Waals surface area contributed by atoms with Gasteiger partial charge >= 0.3 is 0 Å². The van der Waals surface area contributed by atoms with Crippen LogP contribution in [0.5, 0.6) is 11.5 Å². The van der Waals surface area contributed by atoms with Crippen LogP contribution in [0.25, 0.3) is 0 Å². The number of carbonyl (C=O) groups excluding carboxylic acids is 1. The van der Waals surface area contributed by atoms with E-state index < -0.39 is 0 Å². The smallest absolute Gasteiger partial charge is 0.251 e. The molecule has 0 atom stereocenters. The number of benzene rings is 2. The first-order chi connectivity index (χ1) is 12.7. The number of ether oxygens (including phenoxy) is 2. The van der Waals surface area contributed by atoms with Gasteiger partial charge in [-0.2, -0.15) is 5.10 Å². The first kappa shape index (κ1) is 17.5. The maximum Gasteiger partial charge on any atom is 0.251 e. The number of rotatable bonds is 7. The number of hydrogen-bond acceptors (Lipinski definition) is 4. The fourth-order valence-corrected chi connectivity index (χ4v) is 2.67. The lowest BCUT2D eigenvalue weighted by Gasteiger charge is -2.11. The second-order valence-electron chi connectivity index (χ2n) is 5.78. The highest BCUT2D eigenvalue weighted by atomic mass is 16.5. The van der Waals surface area contributed by atoms with E-state index in [1.165, 1.54) is 0 Å². The Balaban J connectivity index is 1.65. The molecule has 6 heteroatoms. The highest BCUT2D eigenvalue weighted by molar-refractivity contribution is 5.94. The van der Waals surface area contributed by atoms with Gasteiger partial charge < -0.3 is 14.8 Å². The van der Waals surface area contributed by atoms with Crippen molar-refractivity contribution in [1.29, 1.82) is 0 Å². The van der Waals surface area contributed by atoms with Gasteiger partial charge in [-0.15, -0.1) is 0 Å². The molecule has 1 amide bonds. The van der Waals surface area contributed by atoms with Crippen molar-refractivity contribution in [3.63, 3.8) is 0 Å². The second-order valence-corrected chi connectivity index (χ2v) is 5.78. The van der Waals surface area contributed by atoms with Crippen molar-refractivity contribution in [2.45, 2.75) is 13.1 Å². The minimum Gasteiger partial charge on any atom is -0.493 e. The Morgan fingerprint density at radius 2 is 1.88 bits per heavy atom. The maximum atomic E-state index is 12.5. The highest BCUT2D eigenvalue weighted by Gasteiger charge is 2.09. The van der Waals surface area contributed by atoms with E-state index in [9.17, 15) is 4.79 Å². The van der Waals surface area contributed by atoms with Gasteiger partial charge in [0.2, 0.25) is 0 Å². The van der Waals surface area contributed by atoms with E-state index in [2.05, 4.69) is 10.4 Å². The van der Waals surface area contributed by atoms with E-state index in [-0.39, 0.29) is 5.91 Å². The fraction of sp³-hybridized carbons (Fsp3) is 0.200. The molecule has 3 rings (SSSR count). The van der Waals surface area contributed by atoms with Gasteiger partial charge in [-0.05, 0) is 41.5 Å². The van der Waals surface area contributed by atoms with Gasteiger partial charge in [0, 0.05) is 24.5 Å². The minimum absolute atomic E-state index is 0.123. The average Bonchev–Trinajstić information content (AvgIpc) is 3.19. The Bertz CT molecular complexity index is 876. The zero-order valence-electron chi connectivity index (χ0n) is 14.8. The summed E-state index contributed by atoms with van der Waals surface area (Å²) in [5, 5.41) is 7.12. The van der Waals surface area contributed by atoms with Crippen LogP contribution in [0.4, 0.5) is 0 Å². The Morgan fingerprint density at radius 1 is 1.04 bits per heavy atom. The molecule has 3 aromatic rings. The van der Waals surface area contributed by atoms with E-state index in [1.807, 2.05) is 53.3 Å². The monoisotopic (exact) mass is 351 g/mol. The first-order valence-corrected chi connectivity index (χ1v) is 8.25. The Hall–Kier alpha value is -3.28. The standard InChI is InChI=1S/C20H21N3O3/c1-25-18-8-7-15(12-19(18)26-2)13-21-20(24)17-6-3-5-16(11-17)14-23-10-4-9-22-23/h3-12H,13-14H2,1-2H3,(H,21,24). The third kappa shape index (κ3) is 4.22. The van der Waals surface area contributed by atoms with Crippen LogP contribution in [0.15, 0.2) is 60.9 Å². The number of methoxy groups -OCH3 is 2. The number of hydrogen-bond donors (Lipinski definition) is 1. The molecule has 0 spiro atoms. The molecule has 134 valence electrons. The molecule has 26 heavy (non-hydrogen) atoms. The van der Waals surface area contributed by atoms with Crippen LogP contribution in [0.2, 0.25) is 0 Å². The van der Waals surface area contributed by atoms with Crippen LogP contribution in [0, 0.1) is 0 Å². The molecule has 0 aliphatic carbocycles. The third-order valence-corrected chi connectivity index (χ3v) is 3.99. The number of nitrogens with one attached hydrogen (secondary N) is 1. The van der Waals surface area contributed by atoms with Crippen molar-refractivity contribution >= 4 is 5.91 Å². The van der Waals surface area contributed by atoms with Crippen molar-refractivity contribution < 1.29 is 14.3 Å².